The second-order valence-electron chi connectivity index (χ2n) is 6.85. The third kappa shape index (κ3) is 2.72. The molecule has 0 radical (unpaired) electrons. The molecule has 0 aliphatic heterocycles. The van der Waals surface area contributed by atoms with Crippen LogP contribution in [0.2, 0.25) is 0 Å². The van der Waals surface area contributed by atoms with E-state index >= 15 is 0 Å². The highest BCUT2D eigenvalue weighted by atomic mass is 35.5. The molecule has 3 atom stereocenters. The average Bonchev–Trinajstić information content (AvgIpc) is 2.78. The maximum atomic E-state index is 11.9. The van der Waals surface area contributed by atoms with Gasteiger partial charge in [-0.1, -0.05) is 37.0 Å². The topological polar surface area (TPSA) is 72.8 Å². The Bertz CT molecular complexity index is 471. The summed E-state index contributed by atoms with van der Waals surface area (Å²) in [6.45, 7) is 5.49. The lowest BCUT2D eigenvalue weighted by Gasteiger charge is -2.38. The zero-order valence-electron chi connectivity index (χ0n) is 13.0. The molecule has 126 valence electrons. The number of alkyl halides is 2. The summed E-state index contributed by atoms with van der Waals surface area (Å²) in [4.78, 5) is 23.3. The smallest absolute Gasteiger partial charge is 0.342 e. The fourth-order valence-electron chi connectivity index (χ4n) is 4.08. The van der Waals surface area contributed by atoms with Gasteiger partial charge in [0.15, 0.2) is 0 Å². The Labute approximate surface area is 140 Å². The van der Waals surface area contributed by atoms with Gasteiger partial charge in [0.25, 0.3) is 0 Å². The van der Waals surface area contributed by atoms with Gasteiger partial charge in [0.2, 0.25) is 4.33 Å². The van der Waals surface area contributed by atoms with Gasteiger partial charge in [0.1, 0.15) is 6.61 Å². The Morgan fingerprint density at radius 3 is 2.45 bits per heavy atom. The minimum Gasteiger partial charge on any atom is -0.481 e. The van der Waals surface area contributed by atoms with Gasteiger partial charge in [-0.15, -0.1) is 0 Å². The Hall–Kier alpha value is -0.520. The molecule has 1 N–H and O–H groups in total. The third-order valence-electron chi connectivity index (χ3n) is 5.48. The molecule has 2 aliphatic rings. The number of rotatable bonds is 6. The van der Waals surface area contributed by atoms with Crippen LogP contribution in [0.5, 0.6) is 0 Å². The van der Waals surface area contributed by atoms with E-state index in [1.165, 1.54) is 6.92 Å². The minimum atomic E-state index is -1.59. The van der Waals surface area contributed by atoms with Gasteiger partial charge in [-0.2, -0.15) is 0 Å². The lowest BCUT2D eigenvalue weighted by Crippen LogP contribution is -2.47. The first-order chi connectivity index (χ1) is 10.0. The number of hydrogen-bond donors (Lipinski definition) is 1. The lowest BCUT2D eigenvalue weighted by atomic mass is 9.68. The van der Waals surface area contributed by atoms with Crippen LogP contribution in [0, 0.1) is 16.7 Å². The van der Waals surface area contributed by atoms with Gasteiger partial charge in [-0.25, -0.2) is 4.79 Å². The maximum Gasteiger partial charge on any atom is 0.342 e. The van der Waals surface area contributed by atoms with Crippen molar-refractivity contribution in [3.63, 3.8) is 0 Å². The van der Waals surface area contributed by atoms with Crippen LogP contribution in [0.15, 0.2) is 0 Å². The van der Waals surface area contributed by atoms with Crippen LogP contribution in [0.4, 0.5) is 0 Å². The molecule has 0 amide bonds. The molecule has 22 heavy (non-hydrogen) atoms. The number of fused-ring (bicyclic) bond motifs is 2. The molecule has 0 aromatic rings. The van der Waals surface area contributed by atoms with Crippen molar-refractivity contribution in [3.05, 3.63) is 0 Å². The van der Waals surface area contributed by atoms with E-state index in [9.17, 15) is 14.7 Å². The number of esters is 1. The van der Waals surface area contributed by atoms with Crippen LogP contribution in [0.1, 0.15) is 40.0 Å². The van der Waals surface area contributed by atoms with Crippen molar-refractivity contribution in [2.45, 2.75) is 50.5 Å². The molecule has 7 heteroatoms. The molecule has 0 aromatic carbocycles. The van der Waals surface area contributed by atoms with E-state index in [1.807, 2.05) is 13.8 Å². The zero-order valence-corrected chi connectivity index (χ0v) is 14.5. The van der Waals surface area contributed by atoms with Crippen molar-refractivity contribution in [3.8, 4) is 0 Å². The van der Waals surface area contributed by atoms with Gasteiger partial charge in [0.05, 0.1) is 18.1 Å². The number of carbonyl (C=O) groups excluding carboxylic acids is 1. The highest BCUT2D eigenvalue weighted by molar-refractivity contribution is 6.57. The Morgan fingerprint density at radius 1 is 1.32 bits per heavy atom. The summed E-state index contributed by atoms with van der Waals surface area (Å²) in [5.41, 5.74) is -1.14. The van der Waals surface area contributed by atoms with Crippen molar-refractivity contribution < 1.29 is 24.2 Å². The fourth-order valence-corrected chi connectivity index (χ4v) is 4.19. The van der Waals surface area contributed by atoms with Gasteiger partial charge in [0, 0.05) is 0 Å². The molecule has 2 saturated carbocycles. The molecule has 0 saturated heterocycles. The Balaban J connectivity index is 1.92. The third-order valence-corrected chi connectivity index (χ3v) is 5.79. The SMILES string of the molecule is CC(Cl)(Cl)C(=O)OCCO[C@@H]1C[C@H]2CC[C@]1(C(=O)O)C2(C)C. The molecule has 0 heterocycles. The Kier molecular flexibility index (Phi) is 4.73. The number of aliphatic carboxylic acids is 1. The monoisotopic (exact) mass is 352 g/mol. The normalized spacial score (nSPS) is 33.0. The molecular formula is C15H22Cl2O5. The first-order valence-electron chi connectivity index (χ1n) is 7.43. The van der Waals surface area contributed by atoms with Crippen LogP contribution in [-0.4, -0.2) is 40.7 Å². The number of carbonyl (C=O) groups is 2. The molecule has 2 aliphatic carbocycles. The standard InChI is InChI=1S/C15H22Cl2O5/c1-13(2)9-4-5-15(13,11(18)19)10(8-9)21-6-7-22-12(20)14(3,16)17/h9-10H,4-8H2,1-3H3,(H,18,19)/t9-,10-,15+/m1/s1. The molecular weight excluding hydrogens is 331 g/mol. The minimum absolute atomic E-state index is 0.00512. The van der Waals surface area contributed by atoms with Gasteiger partial charge >= 0.3 is 11.9 Å². The van der Waals surface area contributed by atoms with Crippen molar-refractivity contribution in [2.75, 3.05) is 13.2 Å². The summed E-state index contributed by atoms with van der Waals surface area (Å²) in [5, 5.41) is 9.75. The molecule has 0 unspecified atom stereocenters. The first kappa shape index (κ1) is 17.8. The average molecular weight is 353 g/mol. The number of halogens is 2. The summed E-state index contributed by atoms with van der Waals surface area (Å²) < 4.78 is 9.09. The van der Waals surface area contributed by atoms with Crippen LogP contribution < -0.4 is 0 Å². The van der Waals surface area contributed by atoms with E-state index < -0.39 is 21.7 Å². The van der Waals surface area contributed by atoms with Gasteiger partial charge in [-0.05, 0) is 37.5 Å². The lowest BCUT2D eigenvalue weighted by molar-refractivity contribution is -0.168. The van der Waals surface area contributed by atoms with Crippen molar-refractivity contribution in [1.29, 1.82) is 0 Å². The van der Waals surface area contributed by atoms with E-state index in [-0.39, 0.29) is 24.7 Å². The number of carboxylic acid groups (broad SMARTS) is 1. The maximum absolute atomic E-state index is 11.9. The molecule has 0 aromatic heterocycles. The predicted octanol–water partition coefficient (Wildman–Crippen LogP) is 3.02. The summed E-state index contributed by atoms with van der Waals surface area (Å²) in [5.74, 6) is -1.18. The first-order valence-corrected chi connectivity index (χ1v) is 8.19. The largest absolute Gasteiger partial charge is 0.481 e. The van der Waals surface area contributed by atoms with Gasteiger partial charge < -0.3 is 14.6 Å². The van der Waals surface area contributed by atoms with E-state index in [4.69, 9.17) is 32.7 Å². The van der Waals surface area contributed by atoms with E-state index in [0.29, 0.717) is 12.3 Å². The summed E-state index contributed by atoms with van der Waals surface area (Å²) >= 11 is 11.2. The van der Waals surface area contributed by atoms with Gasteiger partial charge in [-0.3, -0.25) is 4.79 Å². The van der Waals surface area contributed by atoms with Crippen molar-refractivity contribution in [2.24, 2.45) is 16.7 Å². The second kappa shape index (κ2) is 5.84. The summed E-state index contributed by atoms with van der Waals surface area (Å²) in [6.07, 6.45) is 1.93. The molecule has 2 bridgehead atoms. The van der Waals surface area contributed by atoms with Crippen LogP contribution >= 0.6 is 23.2 Å². The van der Waals surface area contributed by atoms with Crippen LogP contribution in [-0.2, 0) is 19.1 Å². The summed E-state index contributed by atoms with van der Waals surface area (Å²) in [7, 11) is 0. The highest BCUT2D eigenvalue weighted by Crippen LogP contribution is 2.66. The Morgan fingerprint density at radius 2 is 1.95 bits per heavy atom. The van der Waals surface area contributed by atoms with E-state index in [1.54, 1.807) is 0 Å². The molecule has 5 nitrogen and oxygen atoms in total. The molecule has 0 spiro atoms. The predicted molar refractivity (Wildman–Crippen MR) is 82.0 cm³/mol. The highest BCUT2D eigenvalue weighted by Gasteiger charge is 2.68. The molecule has 2 fully saturated rings. The van der Waals surface area contributed by atoms with Crippen LogP contribution in [0.3, 0.4) is 0 Å². The van der Waals surface area contributed by atoms with E-state index in [0.717, 1.165) is 12.8 Å². The quantitative estimate of drug-likeness (QED) is 0.451. The van der Waals surface area contributed by atoms with Crippen molar-refractivity contribution >= 4 is 35.1 Å². The van der Waals surface area contributed by atoms with Crippen LogP contribution in [0.25, 0.3) is 0 Å². The number of carboxylic acids is 1. The number of ether oxygens (including phenoxy) is 2. The summed E-state index contributed by atoms with van der Waals surface area (Å²) in [6, 6.07) is 0. The number of hydrogen-bond acceptors (Lipinski definition) is 4. The van der Waals surface area contributed by atoms with Crippen molar-refractivity contribution in [1.82, 2.24) is 0 Å². The molecule has 2 rings (SSSR count). The zero-order chi connectivity index (χ0) is 16.8. The second-order valence-corrected chi connectivity index (χ2v) is 8.56. The van der Waals surface area contributed by atoms with E-state index in [2.05, 4.69) is 0 Å². The fraction of sp³-hybridized carbons (Fsp3) is 0.867.